The minimum absolute atomic E-state index is 0.0202. The van der Waals surface area contributed by atoms with Crippen molar-refractivity contribution in [1.29, 1.82) is 0 Å². The van der Waals surface area contributed by atoms with Crippen molar-refractivity contribution in [2.75, 3.05) is 0 Å². The second kappa shape index (κ2) is 3.73. The molecular weight excluding hydrogens is 242 g/mol. The predicted octanol–water partition coefficient (Wildman–Crippen LogP) is 2.59. The van der Waals surface area contributed by atoms with E-state index in [1.165, 1.54) is 0 Å². The van der Waals surface area contributed by atoms with Crippen molar-refractivity contribution in [1.82, 2.24) is 5.32 Å². The Morgan fingerprint density at radius 3 is 2.71 bits per heavy atom. The van der Waals surface area contributed by atoms with Crippen molar-refractivity contribution in [2.24, 2.45) is 5.92 Å². The monoisotopic (exact) mass is 253 g/mol. The maximum atomic E-state index is 11.7. The molecule has 1 aromatic rings. The molecule has 14 heavy (non-hydrogen) atoms. The van der Waals surface area contributed by atoms with Crippen molar-refractivity contribution >= 4 is 21.8 Å². The molecule has 0 saturated heterocycles. The SMILES string of the molecule is CC1CC1NC(=O)c1ccccc1Br. The number of carbonyl (C=O) groups excluding carboxylic acids is 1. The number of hydrogen-bond donors (Lipinski definition) is 1. The quantitative estimate of drug-likeness (QED) is 0.863. The number of benzene rings is 1. The highest BCUT2D eigenvalue weighted by Gasteiger charge is 2.34. The highest BCUT2D eigenvalue weighted by molar-refractivity contribution is 9.10. The number of nitrogens with one attached hydrogen (secondary N) is 1. The van der Waals surface area contributed by atoms with E-state index in [0.29, 0.717) is 17.5 Å². The van der Waals surface area contributed by atoms with Crippen LogP contribution >= 0.6 is 15.9 Å². The Morgan fingerprint density at radius 2 is 2.14 bits per heavy atom. The molecule has 1 fully saturated rings. The summed E-state index contributed by atoms with van der Waals surface area (Å²) in [5, 5.41) is 2.99. The van der Waals surface area contributed by atoms with Gasteiger partial charge in [0.15, 0.2) is 0 Å². The van der Waals surface area contributed by atoms with E-state index < -0.39 is 0 Å². The fraction of sp³-hybridized carbons (Fsp3) is 0.364. The molecule has 0 spiro atoms. The van der Waals surface area contributed by atoms with Gasteiger partial charge in [0.1, 0.15) is 0 Å². The van der Waals surface area contributed by atoms with Crippen LogP contribution in [0.3, 0.4) is 0 Å². The van der Waals surface area contributed by atoms with Crippen molar-refractivity contribution in [3.63, 3.8) is 0 Å². The summed E-state index contributed by atoms with van der Waals surface area (Å²) >= 11 is 3.36. The largest absolute Gasteiger partial charge is 0.349 e. The van der Waals surface area contributed by atoms with Gasteiger partial charge in [0.05, 0.1) is 5.56 Å². The van der Waals surface area contributed by atoms with Crippen LogP contribution in [0.2, 0.25) is 0 Å². The first-order chi connectivity index (χ1) is 6.68. The highest BCUT2D eigenvalue weighted by atomic mass is 79.9. The van der Waals surface area contributed by atoms with E-state index in [1.807, 2.05) is 24.3 Å². The van der Waals surface area contributed by atoms with Crippen molar-refractivity contribution in [3.8, 4) is 0 Å². The van der Waals surface area contributed by atoms with Gasteiger partial charge in [-0.1, -0.05) is 19.1 Å². The number of rotatable bonds is 2. The lowest BCUT2D eigenvalue weighted by Gasteiger charge is -2.05. The Kier molecular flexibility index (Phi) is 2.59. The van der Waals surface area contributed by atoms with Gasteiger partial charge in [0.2, 0.25) is 0 Å². The lowest BCUT2D eigenvalue weighted by atomic mass is 10.2. The number of halogens is 1. The maximum absolute atomic E-state index is 11.7. The first-order valence-electron chi connectivity index (χ1n) is 4.74. The zero-order valence-corrected chi connectivity index (χ0v) is 9.54. The Labute approximate surface area is 91.8 Å². The average molecular weight is 254 g/mol. The molecule has 0 bridgehead atoms. The van der Waals surface area contributed by atoms with Gasteiger partial charge in [-0.25, -0.2) is 0 Å². The summed E-state index contributed by atoms with van der Waals surface area (Å²) in [4.78, 5) is 11.7. The third-order valence-electron chi connectivity index (χ3n) is 2.54. The van der Waals surface area contributed by atoms with E-state index in [-0.39, 0.29) is 5.91 Å². The van der Waals surface area contributed by atoms with Crippen molar-refractivity contribution in [2.45, 2.75) is 19.4 Å². The molecule has 1 saturated carbocycles. The van der Waals surface area contributed by atoms with Gasteiger partial charge in [-0.2, -0.15) is 0 Å². The third-order valence-corrected chi connectivity index (χ3v) is 3.24. The van der Waals surface area contributed by atoms with Crippen LogP contribution in [0.4, 0.5) is 0 Å². The normalized spacial score (nSPS) is 24.4. The molecule has 1 aliphatic carbocycles. The van der Waals surface area contributed by atoms with Gasteiger partial charge >= 0.3 is 0 Å². The van der Waals surface area contributed by atoms with Gasteiger partial charge in [-0.3, -0.25) is 4.79 Å². The average Bonchev–Trinajstić information content (AvgIpc) is 2.82. The zero-order chi connectivity index (χ0) is 10.1. The number of hydrogen-bond acceptors (Lipinski definition) is 1. The highest BCUT2D eigenvalue weighted by Crippen LogP contribution is 2.29. The first-order valence-corrected chi connectivity index (χ1v) is 5.53. The molecule has 1 aromatic carbocycles. The van der Waals surface area contributed by atoms with E-state index in [4.69, 9.17) is 0 Å². The van der Waals surface area contributed by atoms with E-state index in [1.54, 1.807) is 0 Å². The third kappa shape index (κ3) is 1.98. The molecule has 2 atom stereocenters. The van der Waals surface area contributed by atoms with Gasteiger partial charge < -0.3 is 5.32 Å². The molecule has 0 radical (unpaired) electrons. The smallest absolute Gasteiger partial charge is 0.252 e. The van der Waals surface area contributed by atoms with Crippen LogP contribution < -0.4 is 5.32 Å². The molecule has 0 heterocycles. The Hall–Kier alpha value is -0.830. The van der Waals surface area contributed by atoms with Crippen LogP contribution in [0.1, 0.15) is 23.7 Å². The predicted molar refractivity (Wildman–Crippen MR) is 59.2 cm³/mol. The molecule has 2 rings (SSSR count). The summed E-state index contributed by atoms with van der Waals surface area (Å²) in [7, 11) is 0. The van der Waals surface area contributed by atoms with Gasteiger partial charge in [0.25, 0.3) is 5.91 Å². The second-order valence-corrected chi connectivity index (χ2v) is 4.63. The Bertz CT molecular complexity index is 364. The molecule has 1 amide bonds. The molecular formula is C11H12BrNO. The fourth-order valence-corrected chi connectivity index (χ4v) is 1.88. The molecule has 0 aliphatic heterocycles. The first kappa shape index (κ1) is 9.71. The summed E-state index contributed by atoms with van der Waals surface area (Å²) in [5.41, 5.74) is 0.714. The standard InChI is InChI=1S/C11H12BrNO/c1-7-6-10(7)13-11(14)8-4-2-3-5-9(8)12/h2-5,7,10H,6H2,1H3,(H,13,14). The van der Waals surface area contributed by atoms with Gasteiger partial charge in [-0.15, -0.1) is 0 Å². The number of carbonyl (C=O) groups is 1. The van der Waals surface area contributed by atoms with E-state index in [2.05, 4.69) is 28.2 Å². The summed E-state index contributed by atoms with van der Waals surface area (Å²) in [5.74, 6) is 0.660. The number of amides is 1. The Balaban J connectivity index is 2.07. The Morgan fingerprint density at radius 1 is 1.50 bits per heavy atom. The molecule has 3 heteroatoms. The summed E-state index contributed by atoms with van der Waals surface area (Å²) in [6.07, 6.45) is 1.11. The van der Waals surface area contributed by atoms with Crippen LogP contribution in [0.5, 0.6) is 0 Å². The summed E-state index contributed by atoms with van der Waals surface area (Å²) in [6.45, 7) is 2.14. The van der Waals surface area contributed by atoms with Crippen molar-refractivity contribution < 1.29 is 4.79 Å². The lowest BCUT2D eigenvalue weighted by molar-refractivity contribution is 0.0948. The van der Waals surface area contributed by atoms with Crippen LogP contribution in [0.15, 0.2) is 28.7 Å². The van der Waals surface area contributed by atoms with E-state index in [0.717, 1.165) is 10.9 Å². The molecule has 2 nitrogen and oxygen atoms in total. The van der Waals surface area contributed by atoms with Gasteiger partial charge in [0, 0.05) is 10.5 Å². The second-order valence-electron chi connectivity index (χ2n) is 3.77. The van der Waals surface area contributed by atoms with Crippen LogP contribution in [-0.4, -0.2) is 11.9 Å². The fourth-order valence-electron chi connectivity index (χ4n) is 1.41. The van der Waals surface area contributed by atoms with Crippen LogP contribution in [0.25, 0.3) is 0 Å². The summed E-state index contributed by atoms with van der Waals surface area (Å²) < 4.78 is 0.853. The molecule has 1 aliphatic rings. The minimum atomic E-state index is 0.0202. The van der Waals surface area contributed by atoms with Crippen LogP contribution in [-0.2, 0) is 0 Å². The molecule has 0 aromatic heterocycles. The maximum Gasteiger partial charge on any atom is 0.252 e. The van der Waals surface area contributed by atoms with Crippen LogP contribution in [0, 0.1) is 5.92 Å². The van der Waals surface area contributed by atoms with Gasteiger partial charge in [-0.05, 0) is 40.4 Å². The van der Waals surface area contributed by atoms with Crippen molar-refractivity contribution in [3.05, 3.63) is 34.3 Å². The summed E-state index contributed by atoms with van der Waals surface area (Å²) in [6, 6.07) is 7.86. The lowest BCUT2D eigenvalue weighted by Crippen LogP contribution is -2.26. The topological polar surface area (TPSA) is 29.1 Å². The van der Waals surface area contributed by atoms with E-state index >= 15 is 0 Å². The minimum Gasteiger partial charge on any atom is -0.349 e. The zero-order valence-electron chi connectivity index (χ0n) is 7.96. The molecule has 74 valence electrons. The molecule has 2 unspecified atom stereocenters. The van der Waals surface area contributed by atoms with E-state index in [9.17, 15) is 4.79 Å². The molecule has 1 N–H and O–H groups in total.